The predicted molar refractivity (Wildman–Crippen MR) is 123 cm³/mol. The normalized spacial score (nSPS) is 14.9. The minimum atomic E-state index is 0.206. The molecule has 8 nitrogen and oxygen atoms in total. The highest BCUT2D eigenvalue weighted by atomic mass is 32.1. The van der Waals surface area contributed by atoms with Crippen LogP contribution >= 0.6 is 11.3 Å². The van der Waals surface area contributed by atoms with Crippen LogP contribution in [-0.4, -0.2) is 68.5 Å². The van der Waals surface area contributed by atoms with Gasteiger partial charge in [-0.05, 0) is 36.5 Å². The highest BCUT2D eigenvalue weighted by Crippen LogP contribution is 2.21. The molecule has 3 aromatic heterocycles. The number of aryl methyl sites for hydroxylation is 2. The minimum Gasteiger partial charge on any atom is -0.342 e. The number of nitrogens with zero attached hydrogens (tertiary/aromatic N) is 5. The first-order valence-electron chi connectivity index (χ1n) is 11.0. The molecule has 0 spiro atoms. The zero-order chi connectivity index (χ0) is 21.8. The fourth-order valence-electron chi connectivity index (χ4n) is 4.04. The van der Waals surface area contributed by atoms with Gasteiger partial charge in [0, 0.05) is 45.4 Å². The Morgan fingerprint density at radius 2 is 1.94 bits per heavy atom. The largest absolute Gasteiger partial charge is 0.342 e. The van der Waals surface area contributed by atoms with Crippen molar-refractivity contribution in [3.05, 3.63) is 53.5 Å². The lowest BCUT2D eigenvalue weighted by atomic mass is 10.2. The van der Waals surface area contributed by atoms with Crippen molar-refractivity contribution in [2.75, 3.05) is 32.7 Å². The smallest absolute Gasteiger partial charge is 0.227 e. The number of H-pyrrole nitrogens is 1. The second-order valence-electron chi connectivity index (χ2n) is 8.02. The summed E-state index contributed by atoms with van der Waals surface area (Å²) in [5, 5.41) is 6.07. The molecule has 166 valence electrons. The molecular formula is C23H26N6O2S. The standard InChI is InChI=1S/C23H26N6O2S/c30-22(10-9-20-24-17-5-1-2-6-18(17)25-20)29-14-12-28(13-15-29)11-3-8-21-26-23(27-31-21)19-7-4-16-32-19/h1-2,4-7,16H,3,8-15H2,(H,24,25). The third-order valence-electron chi connectivity index (χ3n) is 5.81. The zero-order valence-electron chi connectivity index (χ0n) is 17.9. The molecule has 1 fully saturated rings. The first-order valence-corrected chi connectivity index (χ1v) is 11.9. The molecule has 0 atom stereocenters. The number of carbonyl (C=O) groups excluding carboxylic acids is 1. The lowest BCUT2D eigenvalue weighted by Gasteiger charge is -2.34. The number of para-hydroxylation sites is 2. The van der Waals surface area contributed by atoms with Crippen LogP contribution in [0.25, 0.3) is 21.7 Å². The van der Waals surface area contributed by atoms with Crippen LogP contribution < -0.4 is 0 Å². The van der Waals surface area contributed by atoms with E-state index in [1.165, 1.54) is 0 Å². The number of rotatable bonds is 8. The molecule has 5 rings (SSSR count). The Kier molecular flexibility index (Phi) is 6.27. The Morgan fingerprint density at radius 3 is 2.75 bits per heavy atom. The third kappa shape index (κ3) is 4.89. The summed E-state index contributed by atoms with van der Waals surface area (Å²) in [7, 11) is 0. The maximum atomic E-state index is 12.6. The Morgan fingerprint density at radius 1 is 1.06 bits per heavy atom. The summed E-state index contributed by atoms with van der Waals surface area (Å²) in [5.41, 5.74) is 1.97. The van der Waals surface area contributed by atoms with Crippen molar-refractivity contribution < 1.29 is 9.32 Å². The molecule has 0 unspecified atom stereocenters. The van der Waals surface area contributed by atoms with Crippen LogP contribution in [0.5, 0.6) is 0 Å². The monoisotopic (exact) mass is 450 g/mol. The van der Waals surface area contributed by atoms with Gasteiger partial charge in [0.15, 0.2) is 0 Å². The summed E-state index contributed by atoms with van der Waals surface area (Å²) in [5.74, 6) is 2.44. The van der Waals surface area contributed by atoms with E-state index < -0.39 is 0 Å². The topological polar surface area (TPSA) is 91.2 Å². The molecule has 0 saturated carbocycles. The summed E-state index contributed by atoms with van der Waals surface area (Å²) in [4.78, 5) is 30.4. The van der Waals surface area contributed by atoms with E-state index in [1.807, 2.05) is 46.7 Å². The molecular weight excluding hydrogens is 424 g/mol. The Hall–Kier alpha value is -3.04. The van der Waals surface area contributed by atoms with Crippen molar-refractivity contribution in [2.24, 2.45) is 0 Å². The van der Waals surface area contributed by atoms with Crippen molar-refractivity contribution >= 4 is 28.3 Å². The van der Waals surface area contributed by atoms with E-state index in [1.54, 1.807) is 11.3 Å². The SMILES string of the molecule is O=C(CCc1nc2ccccc2[nH]1)N1CCN(CCCc2nc(-c3cccs3)no2)CC1. The molecule has 32 heavy (non-hydrogen) atoms. The van der Waals surface area contributed by atoms with Crippen LogP contribution in [0.4, 0.5) is 0 Å². The predicted octanol–water partition coefficient (Wildman–Crippen LogP) is 3.38. The highest BCUT2D eigenvalue weighted by Gasteiger charge is 2.21. The fourth-order valence-corrected chi connectivity index (χ4v) is 4.69. The fraction of sp³-hybridized carbons (Fsp3) is 0.391. The molecule has 4 aromatic rings. The number of fused-ring (bicyclic) bond motifs is 1. The Labute approximate surface area is 190 Å². The summed E-state index contributed by atoms with van der Waals surface area (Å²) in [6.07, 6.45) is 2.87. The molecule has 9 heteroatoms. The summed E-state index contributed by atoms with van der Waals surface area (Å²) in [6, 6.07) is 11.9. The molecule has 4 heterocycles. The van der Waals surface area contributed by atoms with Crippen molar-refractivity contribution in [2.45, 2.75) is 25.7 Å². The van der Waals surface area contributed by atoms with E-state index >= 15 is 0 Å². The molecule has 1 amide bonds. The van der Waals surface area contributed by atoms with Crippen molar-refractivity contribution in [3.63, 3.8) is 0 Å². The number of aromatic nitrogens is 4. The number of hydrogen-bond donors (Lipinski definition) is 1. The summed E-state index contributed by atoms with van der Waals surface area (Å²) in [6.45, 7) is 4.34. The number of carbonyl (C=O) groups is 1. The second kappa shape index (κ2) is 9.62. The maximum Gasteiger partial charge on any atom is 0.227 e. The van der Waals surface area contributed by atoms with Gasteiger partial charge in [-0.15, -0.1) is 11.3 Å². The number of nitrogens with one attached hydrogen (secondary N) is 1. The molecule has 0 aliphatic carbocycles. The number of benzene rings is 1. The van der Waals surface area contributed by atoms with Gasteiger partial charge in [-0.25, -0.2) is 4.98 Å². The van der Waals surface area contributed by atoms with Gasteiger partial charge in [-0.3, -0.25) is 9.69 Å². The van der Waals surface area contributed by atoms with Crippen LogP contribution in [-0.2, 0) is 17.6 Å². The Balaban J connectivity index is 1.02. The number of aromatic amines is 1. The van der Waals surface area contributed by atoms with Crippen molar-refractivity contribution in [1.82, 2.24) is 29.9 Å². The number of thiophene rings is 1. The second-order valence-corrected chi connectivity index (χ2v) is 8.96. The molecule has 0 bridgehead atoms. The van der Waals surface area contributed by atoms with E-state index in [-0.39, 0.29) is 5.91 Å². The molecule has 1 aromatic carbocycles. The summed E-state index contributed by atoms with van der Waals surface area (Å²) >= 11 is 1.61. The highest BCUT2D eigenvalue weighted by molar-refractivity contribution is 7.13. The molecule has 1 aliphatic rings. The van der Waals surface area contributed by atoms with Gasteiger partial charge in [0.25, 0.3) is 0 Å². The van der Waals surface area contributed by atoms with Crippen LogP contribution in [0, 0.1) is 0 Å². The van der Waals surface area contributed by atoms with Crippen LogP contribution in [0.2, 0.25) is 0 Å². The van der Waals surface area contributed by atoms with Gasteiger partial charge in [-0.1, -0.05) is 23.4 Å². The van der Waals surface area contributed by atoms with E-state index in [0.29, 0.717) is 24.6 Å². The number of hydrogen-bond acceptors (Lipinski definition) is 7. The molecule has 1 aliphatic heterocycles. The summed E-state index contributed by atoms with van der Waals surface area (Å²) < 4.78 is 5.38. The molecule has 1 N–H and O–H groups in total. The number of amides is 1. The van der Waals surface area contributed by atoms with E-state index in [4.69, 9.17) is 4.52 Å². The lowest BCUT2D eigenvalue weighted by Crippen LogP contribution is -2.48. The van der Waals surface area contributed by atoms with Crippen LogP contribution in [0.1, 0.15) is 24.6 Å². The quantitative estimate of drug-likeness (QED) is 0.443. The average Bonchev–Trinajstić information content (AvgIpc) is 3.58. The lowest BCUT2D eigenvalue weighted by molar-refractivity contribution is -0.132. The molecule has 0 radical (unpaired) electrons. The van der Waals surface area contributed by atoms with Gasteiger partial charge < -0.3 is 14.4 Å². The maximum absolute atomic E-state index is 12.6. The average molecular weight is 451 g/mol. The van der Waals surface area contributed by atoms with Gasteiger partial charge in [0.2, 0.25) is 17.6 Å². The van der Waals surface area contributed by atoms with Gasteiger partial charge in [-0.2, -0.15) is 4.98 Å². The Bertz CT molecular complexity index is 1130. The third-order valence-corrected chi connectivity index (χ3v) is 6.68. The van der Waals surface area contributed by atoms with Gasteiger partial charge in [0.1, 0.15) is 5.82 Å². The van der Waals surface area contributed by atoms with Crippen LogP contribution in [0.3, 0.4) is 0 Å². The van der Waals surface area contributed by atoms with E-state index in [9.17, 15) is 4.79 Å². The van der Waals surface area contributed by atoms with E-state index in [0.717, 1.165) is 67.3 Å². The van der Waals surface area contributed by atoms with Crippen LogP contribution in [0.15, 0.2) is 46.3 Å². The van der Waals surface area contributed by atoms with Gasteiger partial charge >= 0.3 is 0 Å². The first-order chi connectivity index (χ1) is 15.7. The zero-order valence-corrected chi connectivity index (χ0v) is 18.7. The van der Waals surface area contributed by atoms with Crippen molar-refractivity contribution in [1.29, 1.82) is 0 Å². The number of imidazole rings is 1. The van der Waals surface area contributed by atoms with Gasteiger partial charge in [0.05, 0.1) is 15.9 Å². The number of piperazine rings is 1. The minimum absolute atomic E-state index is 0.206. The van der Waals surface area contributed by atoms with E-state index in [2.05, 4.69) is 25.0 Å². The first kappa shape index (κ1) is 20.8. The molecule has 1 saturated heterocycles. The van der Waals surface area contributed by atoms with Crippen molar-refractivity contribution in [3.8, 4) is 10.7 Å².